The molecule has 0 fully saturated rings. The van der Waals surface area contributed by atoms with Gasteiger partial charge in [0, 0.05) is 24.3 Å². The lowest BCUT2D eigenvalue weighted by Gasteiger charge is -2.39. The summed E-state index contributed by atoms with van der Waals surface area (Å²) in [5, 5.41) is 23.0. The van der Waals surface area contributed by atoms with Gasteiger partial charge in [-0.3, -0.25) is 0 Å². The number of benzene rings is 1. The van der Waals surface area contributed by atoms with E-state index in [0.29, 0.717) is 23.6 Å². The van der Waals surface area contributed by atoms with Crippen molar-refractivity contribution >= 4 is 5.69 Å². The van der Waals surface area contributed by atoms with E-state index in [4.69, 9.17) is 0 Å². The van der Waals surface area contributed by atoms with Crippen LogP contribution in [0.5, 0.6) is 0 Å². The molecule has 0 bridgehead atoms. The van der Waals surface area contributed by atoms with E-state index < -0.39 is 0 Å². The second-order valence-corrected chi connectivity index (χ2v) is 8.52. The molecule has 136 valence electrons. The zero-order valence-electron chi connectivity index (χ0n) is 15.6. The van der Waals surface area contributed by atoms with Crippen LogP contribution in [0.15, 0.2) is 42.2 Å². The van der Waals surface area contributed by atoms with Crippen LogP contribution >= 0.6 is 0 Å². The number of fused-ring (bicyclic) bond motifs is 1. The van der Waals surface area contributed by atoms with E-state index in [0.717, 1.165) is 25.7 Å². The molecule has 2 aliphatic rings. The predicted molar refractivity (Wildman–Crippen MR) is 104 cm³/mol. The van der Waals surface area contributed by atoms with Crippen LogP contribution in [0.25, 0.3) is 0 Å². The quantitative estimate of drug-likeness (QED) is 0.742. The zero-order valence-corrected chi connectivity index (χ0v) is 15.6. The second kappa shape index (κ2) is 7.25. The van der Waals surface area contributed by atoms with Crippen LogP contribution in [0.1, 0.15) is 51.2 Å². The first-order valence-electron chi connectivity index (χ1n) is 9.46. The lowest BCUT2D eigenvalue weighted by molar-refractivity contribution is 0.252. The van der Waals surface area contributed by atoms with Gasteiger partial charge < -0.3 is 15.5 Å². The molecule has 3 N–H and O–H groups in total. The molecular weight excluding hydrogens is 310 g/mol. The van der Waals surface area contributed by atoms with Gasteiger partial charge in [0.1, 0.15) is 5.76 Å². The third-order valence-corrected chi connectivity index (χ3v) is 5.56. The summed E-state index contributed by atoms with van der Waals surface area (Å²) in [5.41, 5.74) is 4.12. The van der Waals surface area contributed by atoms with Crippen molar-refractivity contribution < 1.29 is 10.2 Å². The van der Waals surface area contributed by atoms with Gasteiger partial charge in [-0.2, -0.15) is 0 Å². The lowest BCUT2D eigenvalue weighted by Crippen LogP contribution is -2.41. The number of allylic oxidation sites excluding steroid dienone is 2. The summed E-state index contributed by atoms with van der Waals surface area (Å²) in [4.78, 5) is 0. The van der Waals surface area contributed by atoms with Gasteiger partial charge in [0.25, 0.3) is 0 Å². The molecule has 1 unspecified atom stereocenters. The minimum Gasteiger partial charge on any atom is -0.508 e. The smallest absolute Gasteiger partial charge is 0.111 e. The topological polar surface area (TPSA) is 52.5 Å². The molecule has 0 amide bonds. The molecule has 25 heavy (non-hydrogen) atoms. The average Bonchev–Trinajstić information content (AvgIpc) is 2.57. The Kier molecular flexibility index (Phi) is 5.24. The Balaban J connectivity index is 1.88. The molecule has 3 nitrogen and oxygen atoms in total. The highest BCUT2D eigenvalue weighted by Gasteiger charge is 2.33. The van der Waals surface area contributed by atoms with Crippen LogP contribution in [-0.4, -0.2) is 22.9 Å². The van der Waals surface area contributed by atoms with Crippen LogP contribution in [0.4, 0.5) is 5.69 Å². The molecule has 0 aromatic heterocycles. The van der Waals surface area contributed by atoms with Crippen molar-refractivity contribution in [3.05, 3.63) is 53.3 Å². The molecule has 1 aliphatic carbocycles. The van der Waals surface area contributed by atoms with Crippen molar-refractivity contribution in [1.82, 2.24) is 0 Å². The Morgan fingerprint density at radius 3 is 2.72 bits per heavy atom. The molecule has 1 aromatic carbocycles. The number of hydrogen-bond donors (Lipinski definition) is 3. The molecule has 0 spiro atoms. The van der Waals surface area contributed by atoms with E-state index >= 15 is 0 Å². The van der Waals surface area contributed by atoms with E-state index in [1.54, 1.807) is 6.08 Å². The molecule has 1 heterocycles. The molecule has 3 rings (SSSR count). The van der Waals surface area contributed by atoms with Crippen molar-refractivity contribution in [2.45, 2.75) is 57.9 Å². The van der Waals surface area contributed by atoms with Gasteiger partial charge in [-0.25, -0.2) is 0 Å². The molecule has 3 heteroatoms. The minimum absolute atomic E-state index is 0.148. The first-order chi connectivity index (χ1) is 11.9. The van der Waals surface area contributed by atoms with Crippen LogP contribution in [0.3, 0.4) is 0 Å². The number of aliphatic hydroxyl groups excluding tert-OH is 2. The zero-order chi connectivity index (χ0) is 18.0. The Labute approximate surface area is 151 Å². The molecule has 1 aliphatic heterocycles. The summed E-state index contributed by atoms with van der Waals surface area (Å²) in [6.07, 6.45) is 9.64. The molecular formula is C22H31NO2. The number of rotatable bonds is 4. The van der Waals surface area contributed by atoms with Crippen molar-refractivity contribution in [3.8, 4) is 0 Å². The summed E-state index contributed by atoms with van der Waals surface area (Å²) >= 11 is 0. The van der Waals surface area contributed by atoms with Crippen molar-refractivity contribution in [1.29, 1.82) is 0 Å². The first kappa shape index (κ1) is 18.1. The maximum atomic E-state index is 9.90. The van der Waals surface area contributed by atoms with Gasteiger partial charge in [0.2, 0.25) is 0 Å². The Morgan fingerprint density at radius 2 is 2.04 bits per heavy atom. The summed E-state index contributed by atoms with van der Waals surface area (Å²) in [6, 6.07) is 7.09. The van der Waals surface area contributed by atoms with Gasteiger partial charge in [-0.1, -0.05) is 39.0 Å². The standard InChI is InChI=1S/C22H31NO2/c1-22(2,3)18-9-10-20-17(13-18)12-15(7-5-11-24)21(23-20)16-6-4-8-19(25)14-16/h4,8-10,13-16,21,23-25H,5-7,11-12H2,1-3H3/t15-,16?,21-/m1/s1. The predicted octanol–water partition coefficient (Wildman–Crippen LogP) is 4.73. The molecule has 3 atom stereocenters. The maximum absolute atomic E-state index is 9.90. The summed E-state index contributed by atoms with van der Waals surface area (Å²) < 4.78 is 0. The monoisotopic (exact) mass is 341 g/mol. The molecule has 0 saturated carbocycles. The molecule has 1 aromatic rings. The van der Waals surface area contributed by atoms with Crippen LogP contribution in [-0.2, 0) is 11.8 Å². The highest BCUT2D eigenvalue weighted by Crippen LogP contribution is 2.38. The van der Waals surface area contributed by atoms with Crippen LogP contribution < -0.4 is 5.32 Å². The second-order valence-electron chi connectivity index (χ2n) is 8.52. The van der Waals surface area contributed by atoms with E-state index in [1.165, 1.54) is 16.8 Å². The number of aliphatic hydroxyl groups is 2. The van der Waals surface area contributed by atoms with Gasteiger partial charge >= 0.3 is 0 Å². The number of nitrogens with one attached hydrogen (secondary N) is 1. The molecule has 0 saturated heterocycles. The van der Waals surface area contributed by atoms with E-state index in [1.807, 2.05) is 6.08 Å². The van der Waals surface area contributed by atoms with Crippen molar-refractivity contribution in [3.63, 3.8) is 0 Å². The minimum atomic E-state index is 0.148. The number of hydrogen-bond acceptors (Lipinski definition) is 3. The van der Waals surface area contributed by atoms with Gasteiger partial charge in [-0.15, -0.1) is 0 Å². The largest absolute Gasteiger partial charge is 0.508 e. The Morgan fingerprint density at radius 1 is 1.24 bits per heavy atom. The van der Waals surface area contributed by atoms with Gasteiger partial charge in [0.05, 0.1) is 0 Å². The number of anilines is 1. The highest BCUT2D eigenvalue weighted by molar-refractivity contribution is 5.57. The average molecular weight is 341 g/mol. The lowest BCUT2D eigenvalue weighted by atomic mass is 9.75. The third kappa shape index (κ3) is 4.09. The Hall–Kier alpha value is -1.74. The fourth-order valence-electron chi connectivity index (χ4n) is 4.11. The first-order valence-corrected chi connectivity index (χ1v) is 9.46. The normalized spacial score (nSPS) is 25.9. The van der Waals surface area contributed by atoms with Gasteiger partial charge in [-0.05, 0) is 66.4 Å². The highest BCUT2D eigenvalue weighted by atomic mass is 16.3. The Bertz CT molecular complexity index is 669. The summed E-state index contributed by atoms with van der Waals surface area (Å²) in [7, 11) is 0. The van der Waals surface area contributed by atoms with E-state index in [9.17, 15) is 10.2 Å². The summed E-state index contributed by atoms with van der Waals surface area (Å²) in [5.74, 6) is 1.13. The molecule has 0 radical (unpaired) electrons. The van der Waals surface area contributed by atoms with Gasteiger partial charge in [0.15, 0.2) is 0 Å². The fourth-order valence-corrected chi connectivity index (χ4v) is 4.11. The van der Waals surface area contributed by atoms with Crippen LogP contribution in [0.2, 0.25) is 0 Å². The van der Waals surface area contributed by atoms with Crippen molar-refractivity contribution in [2.75, 3.05) is 11.9 Å². The SMILES string of the molecule is CC(C)(C)c1ccc2c(c1)C[C@@H](CCCO)[C@H](C1C=C(O)C=CC1)N2. The fraction of sp³-hybridized carbons (Fsp3) is 0.545. The van der Waals surface area contributed by atoms with E-state index in [-0.39, 0.29) is 12.0 Å². The summed E-state index contributed by atoms with van der Waals surface area (Å²) in [6.45, 7) is 6.99. The van der Waals surface area contributed by atoms with E-state index in [2.05, 4.69) is 50.4 Å². The van der Waals surface area contributed by atoms with Crippen molar-refractivity contribution in [2.24, 2.45) is 11.8 Å². The third-order valence-electron chi connectivity index (χ3n) is 5.56. The maximum Gasteiger partial charge on any atom is 0.111 e. The van der Waals surface area contributed by atoms with Crippen LogP contribution in [0, 0.1) is 11.8 Å².